The third kappa shape index (κ3) is 2.90. The minimum absolute atomic E-state index is 0.283. The summed E-state index contributed by atoms with van der Waals surface area (Å²) in [5.74, 6) is 5.51. The van der Waals surface area contributed by atoms with Crippen LogP contribution in [-0.4, -0.2) is 5.91 Å². The highest BCUT2D eigenvalue weighted by Crippen LogP contribution is 2.18. The Labute approximate surface area is 118 Å². The van der Waals surface area contributed by atoms with E-state index in [9.17, 15) is 4.79 Å². The molecule has 18 heavy (non-hydrogen) atoms. The number of benzene rings is 2. The Kier molecular flexibility index (Phi) is 4.01. The van der Waals surface area contributed by atoms with Gasteiger partial charge >= 0.3 is 0 Å². The molecule has 0 aromatic heterocycles. The Morgan fingerprint density at radius 1 is 1.06 bits per heavy atom. The Bertz CT molecular complexity index is 554. The highest BCUT2D eigenvalue weighted by molar-refractivity contribution is 9.10. The van der Waals surface area contributed by atoms with Gasteiger partial charge in [-0.05, 0) is 48.5 Å². The first-order valence-corrected chi connectivity index (χ1v) is 6.35. The molecule has 0 saturated heterocycles. The van der Waals surface area contributed by atoms with Gasteiger partial charge in [0.05, 0.1) is 5.69 Å². The van der Waals surface area contributed by atoms with Gasteiger partial charge in [-0.15, -0.1) is 0 Å². The maximum absolute atomic E-state index is 12.1. The number of carbonyl (C=O) groups is 1. The number of hydrazine groups is 1. The van der Waals surface area contributed by atoms with Crippen LogP contribution in [0.3, 0.4) is 0 Å². The van der Waals surface area contributed by atoms with E-state index in [-0.39, 0.29) is 5.91 Å². The van der Waals surface area contributed by atoms with E-state index >= 15 is 0 Å². The molecule has 2 aromatic rings. The topological polar surface area (TPSA) is 46.3 Å². The van der Waals surface area contributed by atoms with Gasteiger partial charge in [0, 0.05) is 15.1 Å². The van der Waals surface area contributed by atoms with Crippen molar-refractivity contribution in [2.75, 3.05) is 5.01 Å². The van der Waals surface area contributed by atoms with Crippen LogP contribution in [0.1, 0.15) is 10.4 Å². The molecule has 0 fully saturated rings. The zero-order valence-corrected chi connectivity index (χ0v) is 11.6. The summed E-state index contributed by atoms with van der Waals surface area (Å²) in [5, 5.41) is 1.69. The lowest BCUT2D eigenvalue weighted by Crippen LogP contribution is -2.37. The molecule has 0 bridgehead atoms. The highest BCUT2D eigenvalue weighted by Gasteiger charge is 2.13. The van der Waals surface area contributed by atoms with Gasteiger partial charge in [0.1, 0.15) is 0 Å². The Morgan fingerprint density at radius 3 is 2.17 bits per heavy atom. The van der Waals surface area contributed by atoms with Crippen LogP contribution >= 0.6 is 27.5 Å². The third-order valence-corrected chi connectivity index (χ3v) is 3.20. The minimum atomic E-state index is -0.283. The summed E-state index contributed by atoms with van der Waals surface area (Å²) in [5.41, 5.74) is 1.11. The average molecular weight is 326 g/mol. The molecule has 1 amide bonds. The van der Waals surface area contributed by atoms with Crippen molar-refractivity contribution in [3.63, 3.8) is 0 Å². The van der Waals surface area contributed by atoms with Crippen molar-refractivity contribution in [3.8, 4) is 0 Å². The predicted octanol–water partition coefficient (Wildman–Crippen LogP) is 3.62. The van der Waals surface area contributed by atoms with Crippen molar-refractivity contribution in [3.05, 3.63) is 63.6 Å². The van der Waals surface area contributed by atoms with Gasteiger partial charge in [0.25, 0.3) is 5.91 Å². The van der Waals surface area contributed by atoms with Crippen LogP contribution in [0.2, 0.25) is 5.02 Å². The third-order valence-electron chi connectivity index (χ3n) is 2.41. The van der Waals surface area contributed by atoms with Gasteiger partial charge in [-0.2, -0.15) is 0 Å². The molecule has 5 heteroatoms. The van der Waals surface area contributed by atoms with Crippen LogP contribution in [0.25, 0.3) is 0 Å². The summed E-state index contributed by atoms with van der Waals surface area (Å²) in [6.07, 6.45) is 0. The van der Waals surface area contributed by atoms with E-state index in [1.54, 1.807) is 36.4 Å². The van der Waals surface area contributed by atoms with Gasteiger partial charge in [-0.3, -0.25) is 4.79 Å². The number of amides is 1. The van der Waals surface area contributed by atoms with Crippen molar-refractivity contribution in [1.82, 2.24) is 0 Å². The summed E-state index contributed by atoms with van der Waals surface area (Å²) in [4.78, 5) is 12.1. The molecule has 0 atom stereocenters. The normalized spacial score (nSPS) is 10.2. The van der Waals surface area contributed by atoms with Crippen molar-refractivity contribution >= 4 is 39.1 Å². The molecule has 2 N–H and O–H groups in total. The largest absolute Gasteiger partial charge is 0.272 e. The maximum Gasteiger partial charge on any atom is 0.272 e. The van der Waals surface area contributed by atoms with E-state index in [0.29, 0.717) is 16.3 Å². The Balaban J connectivity index is 2.23. The fourth-order valence-electron chi connectivity index (χ4n) is 1.45. The molecule has 0 aliphatic rings. The van der Waals surface area contributed by atoms with Crippen molar-refractivity contribution in [1.29, 1.82) is 0 Å². The van der Waals surface area contributed by atoms with Crippen LogP contribution in [-0.2, 0) is 0 Å². The molecule has 3 nitrogen and oxygen atoms in total. The molecule has 0 aliphatic heterocycles. The van der Waals surface area contributed by atoms with Crippen LogP contribution in [0.4, 0.5) is 5.69 Å². The molecule has 0 unspecified atom stereocenters. The maximum atomic E-state index is 12.1. The number of hydrogen-bond donors (Lipinski definition) is 1. The second kappa shape index (κ2) is 5.52. The number of carbonyl (C=O) groups excluding carboxylic acids is 1. The van der Waals surface area contributed by atoms with Crippen molar-refractivity contribution in [2.45, 2.75) is 0 Å². The summed E-state index contributed by atoms with van der Waals surface area (Å²) in [7, 11) is 0. The molecule has 2 aromatic carbocycles. The van der Waals surface area contributed by atoms with Gasteiger partial charge in [-0.25, -0.2) is 10.9 Å². The van der Waals surface area contributed by atoms with E-state index in [1.807, 2.05) is 12.1 Å². The zero-order valence-electron chi connectivity index (χ0n) is 9.31. The quantitative estimate of drug-likeness (QED) is 0.521. The van der Waals surface area contributed by atoms with Gasteiger partial charge in [0.15, 0.2) is 0 Å². The second-order valence-electron chi connectivity index (χ2n) is 3.66. The standard InChI is InChI=1S/C13H10BrClN2O/c14-10-3-7-12(8-4-10)17(16)13(18)9-1-5-11(15)6-2-9/h1-8H,16H2. The van der Waals surface area contributed by atoms with Gasteiger partial charge in [-0.1, -0.05) is 27.5 Å². The smallest absolute Gasteiger partial charge is 0.267 e. The lowest BCUT2D eigenvalue weighted by molar-refractivity contribution is 0.0987. The number of halogens is 2. The summed E-state index contributed by atoms with van der Waals surface area (Å²) < 4.78 is 0.929. The molecule has 0 spiro atoms. The van der Waals surface area contributed by atoms with Crippen molar-refractivity contribution < 1.29 is 4.79 Å². The highest BCUT2D eigenvalue weighted by atomic mass is 79.9. The van der Waals surface area contributed by atoms with Crippen LogP contribution in [0.15, 0.2) is 53.0 Å². The number of nitrogens with two attached hydrogens (primary N) is 1. The second-order valence-corrected chi connectivity index (χ2v) is 5.01. The van der Waals surface area contributed by atoms with E-state index < -0.39 is 0 Å². The predicted molar refractivity (Wildman–Crippen MR) is 76.6 cm³/mol. The van der Waals surface area contributed by atoms with Crippen LogP contribution < -0.4 is 10.9 Å². The molecule has 92 valence electrons. The van der Waals surface area contributed by atoms with Crippen LogP contribution in [0.5, 0.6) is 0 Å². The molecule has 2 rings (SSSR count). The van der Waals surface area contributed by atoms with E-state index in [1.165, 1.54) is 0 Å². The van der Waals surface area contributed by atoms with Gasteiger partial charge in [0.2, 0.25) is 0 Å². The van der Waals surface area contributed by atoms with E-state index in [4.69, 9.17) is 17.4 Å². The van der Waals surface area contributed by atoms with E-state index in [0.717, 1.165) is 9.48 Å². The SMILES string of the molecule is NN(C(=O)c1ccc(Cl)cc1)c1ccc(Br)cc1. The summed E-state index contributed by atoms with van der Waals surface area (Å²) >= 11 is 9.09. The monoisotopic (exact) mass is 324 g/mol. The molecule has 0 aliphatic carbocycles. The number of rotatable bonds is 2. The van der Waals surface area contributed by atoms with Crippen molar-refractivity contribution in [2.24, 2.45) is 5.84 Å². The first-order chi connectivity index (χ1) is 8.58. The van der Waals surface area contributed by atoms with Crippen LogP contribution in [0, 0.1) is 0 Å². The lowest BCUT2D eigenvalue weighted by atomic mass is 10.2. The Morgan fingerprint density at radius 2 is 1.61 bits per heavy atom. The first kappa shape index (κ1) is 13.1. The molecular formula is C13H10BrClN2O. The lowest BCUT2D eigenvalue weighted by Gasteiger charge is -2.16. The first-order valence-electron chi connectivity index (χ1n) is 5.18. The minimum Gasteiger partial charge on any atom is -0.267 e. The summed E-state index contributed by atoms with van der Waals surface area (Å²) in [6.45, 7) is 0. The molecule has 0 heterocycles. The number of hydrogen-bond acceptors (Lipinski definition) is 2. The summed E-state index contributed by atoms with van der Waals surface area (Å²) in [6, 6.07) is 13.8. The Hall–Kier alpha value is -1.36. The molecular weight excluding hydrogens is 316 g/mol. The molecule has 0 radical (unpaired) electrons. The average Bonchev–Trinajstić information content (AvgIpc) is 2.39. The van der Waals surface area contributed by atoms with Gasteiger partial charge < -0.3 is 0 Å². The zero-order chi connectivity index (χ0) is 13.1. The number of nitrogens with zero attached hydrogens (tertiary/aromatic N) is 1. The molecule has 0 saturated carbocycles. The van der Waals surface area contributed by atoms with E-state index in [2.05, 4.69) is 15.9 Å². The fraction of sp³-hybridized carbons (Fsp3) is 0. The fourth-order valence-corrected chi connectivity index (χ4v) is 1.84. The number of anilines is 1.